The van der Waals surface area contributed by atoms with E-state index in [-0.39, 0.29) is 6.04 Å². The molecule has 1 aliphatic carbocycles. The van der Waals surface area contributed by atoms with Crippen molar-refractivity contribution in [1.29, 1.82) is 0 Å². The highest BCUT2D eigenvalue weighted by atomic mass is 16.2. The van der Waals surface area contributed by atoms with Gasteiger partial charge in [-0.15, -0.1) is 0 Å². The summed E-state index contributed by atoms with van der Waals surface area (Å²) >= 11 is 0. The second-order valence-corrected chi connectivity index (χ2v) is 5.91. The van der Waals surface area contributed by atoms with Crippen LogP contribution < -0.4 is 5.32 Å². The average molecular weight is 238 g/mol. The molecule has 0 bridgehead atoms. The molecule has 3 atom stereocenters. The molecule has 2 rings (SSSR count). The van der Waals surface area contributed by atoms with Gasteiger partial charge in [-0.05, 0) is 44.6 Å². The lowest BCUT2D eigenvalue weighted by atomic mass is 9.82. The molecule has 17 heavy (non-hydrogen) atoms. The Labute approximate surface area is 105 Å². The maximum atomic E-state index is 12.2. The first-order chi connectivity index (χ1) is 8.20. The highest BCUT2D eigenvalue weighted by molar-refractivity contribution is 5.82. The van der Waals surface area contributed by atoms with Crippen LogP contribution in [0.5, 0.6) is 0 Å². The molecule has 98 valence electrons. The first-order valence-electron chi connectivity index (χ1n) is 7.16. The third kappa shape index (κ3) is 3.21. The van der Waals surface area contributed by atoms with Gasteiger partial charge in [0.05, 0.1) is 6.04 Å². The van der Waals surface area contributed by atoms with Gasteiger partial charge in [-0.25, -0.2) is 0 Å². The molecule has 0 radical (unpaired) electrons. The number of rotatable bonds is 3. The van der Waals surface area contributed by atoms with Crippen LogP contribution in [0.4, 0.5) is 0 Å². The fourth-order valence-corrected chi connectivity index (χ4v) is 3.43. The molecule has 1 heterocycles. The Balaban J connectivity index is 1.87. The van der Waals surface area contributed by atoms with Crippen molar-refractivity contribution in [2.45, 2.75) is 51.5 Å². The van der Waals surface area contributed by atoms with Crippen LogP contribution >= 0.6 is 0 Å². The largest absolute Gasteiger partial charge is 0.341 e. The lowest BCUT2D eigenvalue weighted by Gasteiger charge is -2.36. The molecule has 0 spiro atoms. The first kappa shape index (κ1) is 12.9. The maximum absolute atomic E-state index is 12.2. The van der Waals surface area contributed by atoms with Gasteiger partial charge in [0.2, 0.25) is 5.91 Å². The smallest absolute Gasteiger partial charge is 0.239 e. The summed E-state index contributed by atoms with van der Waals surface area (Å²) in [6.45, 7) is 4.32. The van der Waals surface area contributed by atoms with Crippen LogP contribution in [0.15, 0.2) is 0 Å². The fourth-order valence-electron chi connectivity index (χ4n) is 3.43. The minimum absolute atomic E-state index is 0.0739. The SMILES string of the molecule is CNC1CCCN(CC2CCCC(C)C2)C1=O. The summed E-state index contributed by atoms with van der Waals surface area (Å²) in [6.07, 6.45) is 7.52. The predicted molar refractivity (Wildman–Crippen MR) is 69.8 cm³/mol. The normalized spacial score (nSPS) is 35.1. The van der Waals surface area contributed by atoms with Gasteiger partial charge in [0, 0.05) is 13.1 Å². The van der Waals surface area contributed by atoms with E-state index in [1.54, 1.807) is 0 Å². The molecule has 3 unspecified atom stereocenters. The molecule has 3 nitrogen and oxygen atoms in total. The molecule has 0 aromatic heterocycles. The van der Waals surface area contributed by atoms with Crippen LogP contribution in [0.2, 0.25) is 0 Å². The highest BCUT2D eigenvalue weighted by Gasteiger charge is 2.30. The van der Waals surface area contributed by atoms with E-state index in [2.05, 4.69) is 17.1 Å². The van der Waals surface area contributed by atoms with Crippen LogP contribution in [0, 0.1) is 11.8 Å². The summed E-state index contributed by atoms with van der Waals surface area (Å²) in [5.41, 5.74) is 0. The predicted octanol–water partition coefficient (Wildman–Crippen LogP) is 2.02. The number of carbonyl (C=O) groups excluding carboxylic acids is 1. The quantitative estimate of drug-likeness (QED) is 0.816. The van der Waals surface area contributed by atoms with Gasteiger partial charge >= 0.3 is 0 Å². The Kier molecular flexibility index (Phi) is 4.43. The van der Waals surface area contributed by atoms with E-state index in [0.717, 1.165) is 37.8 Å². The van der Waals surface area contributed by atoms with Crippen LogP contribution in [0.25, 0.3) is 0 Å². The molecular weight excluding hydrogens is 212 g/mol. The van der Waals surface area contributed by atoms with Crippen molar-refractivity contribution in [3.63, 3.8) is 0 Å². The van der Waals surface area contributed by atoms with E-state index in [9.17, 15) is 4.79 Å². The maximum Gasteiger partial charge on any atom is 0.239 e. The molecule has 1 aliphatic heterocycles. The molecule has 1 N–H and O–H groups in total. The Morgan fingerprint density at radius 1 is 1.29 bits per heavy atom. The number of piperidine rings is 1. The van der Waals surface area contributed by atoms with E-state index in [1.807, 2.05) is 7.05 Å². The van der Waals surface area contributed by atoms with Gasteiger partial charge in [-0.2, -0.15) is 0 Å². The third-order valence-electron chi connectivity index (χ3n) is 4.40. The standard InChI is InChI=1S/C14H26N2O/c1-11-5-3-6-12(9-11)10-16-8-4-7-13(15-2)14(16)17/h11-13,15H,3-10H2,1-2H3. The number of amides is 1. The number of carbonyl (C=O) groups is 1. The van der Waals surface area contributed by atoms with Crippen molar-refractivity contribution in [3.05, 3.63) is 0 Å². The summed E-state index contributed by atoms with van der Waals surface area (Å²) in [6, 6.07) is 0.0739. The minimum atomic E-state index is 0.0739. The molecule has 2 aliphatic rings. The zero-order chi connectivity index (χ0) is 12.3. The Hall–Kier alpha value is -0.570. The Morgan fingerprint density at radius 2 is 2.12 bits per heavy atom. The van der Waals surface area contributed by atoms with Crippen molar-refractivity contribution in [2.24, 2.45) is 11.8 Å². The number of hydrogen-bond acceptors (Lipinski definition) is 2. The zero-order valence-corrected chi connectivity index (χ0v) is 11.2. The number of nitrogens with zero attached hydrogens (tertiary/aromatic N) is 1. The summed E-state index contributed by atoms with van der Waals surface area (Å²) in [7, 11) is 1.90. The van der Waals surface area contributed by atoms with E-state index in [0.29, 0.717) is 5.91 Å². The number of nitrogens with one attached hydrogen (secondary N) is 1. The highest BCUT2D eigenvalue weighted by Crippen LogP contribution is 2.29. The zero-order valence-electron chi connectivity index (χ0n) is 11.2. The van der Waals surface area contributed by atoms with Crippen molar-refractivity contribution in [3.8, 4) is 0 Å². The Bertz CT molecular complexity index is 267. The van der Waals surface area contributed by atoms with Crippen molar-refractivity contribution >= 4 is 5.91 Å². The monoisotopic (exact) mass is 238 g/mol. The Morgan fingerprint density at radius 3 is 2.82 bits per heavy atom. The fraction of sp³-hybridized carbons (Fsp3) is 0.929. The number of likely N-dealkylation sites (N-methyl/N-ethyl adjacent to an activating group) is 1. The molecule has 0 aromatic rings. The van der Waals surface area contributed by atoms with Gasteiger partial charge < -0.3 is 10.2 Å². The topological polar surface area (TPSA) is 32.3 Å². The first-order valence-corrected chi connectivity index (χ1v) is 7.16. The summed E-state index contributed by atoms with van der Waals surface area (Å²) in [4.78, 5) is 14.3. The summed E-state index contributed by atoms with van der Waals surface area (Å²) < 4.78 is 0. The third-order valence-corrected chi connectivity index (χ3v) is 4.40. The van der Waals surface area contributed by atoms with Gasteiger partial charge in [0.15, 0.2) is 0 Å². The summed E-state index contributed by atoms with van der Waals surface area (Å²) in [5.74, 6) is 1.93. The molecular formula is C14H26N2O. The van der Waals surface area contributed by atoms with Gasteiger partial charge in [-0.1, -0.05) is 19.8 Å². The number of likely N-dealkylation sites (tertiary alicyclic amines) is 1. The van der Waals surface area contributed by atoms with Gasteiger partial charge in [0.1, 0.15) is 0 Å². The van der Waals surface area contributed by atoms with Crippen LogP contribution in [0.3, 0.4) is 0 Å². The van der Waals surface area contributed by atoms with E-state index >= 15 is 0 Å². The van der Waals surface area contributed by atoms with Gasteiger partial charge in [-0.3, -0.25) is 4.79 Å². The van der Waals surface area contributed by atoms with Crippen molar-refractivity contribution in [1.82, 2.24) is 10.2 Å². The number of hydrogen-bond donors (Lipinski definition) is 1. The lowest BCUT2D eigenvalue weighted by Crippen LogP contribution is -2.51. The molecule has 1 amide bonds. The van der Waals surface area contributed by atoms with Crippen LogP contribution in [-0.4, -0.2) is 37.0 Å². The van der Waals surface area contributed by atoms with Crippen LogP contribution in [0.1, 0.15) is 45.4 Å². The van der Waals surface area contributed by atoms with Crippen molar-refractivity contribution < 1.29 is 4.79 Å². The van der Waals surface area contributed by atoms with Crippen LogP contribution in [-0.2, 0) is 4.79 Å². The molecule has 0 aromatic carbocycles. The lowest BCUT2D eigenvalue weighted by molar-refractivity contribution is -0.136. The van der Waals surface area contributed by atoms with E-state index in [1.165, 1.54) is 25.7 Å². The van der Waals surface area contributed by atoms with Crippen molar-refractivity contribution in [2.75, 3.05) is 20.1 Å². The molecule has 3 heteroatoms. The minimum Gasteiger partial charge on any atom is -0.341 e. The average Bonchev–Trinajstić information content (AvgIpc) is 2.32. The second kappa shape index (κ2) is 5.85. The molecule has 1 saturated carbocycles. The van der Waals surface area contributed by atoms with Gasteiger partial charge in [0.25, 0.3) is 0 Å². The van der Waals surface area contributed by atoms with E-state index in [4.69, 9.17) is 0 Å². The van der Waals surface area contributed by atoms with E-state index < -0.39 is 0 Å². The molecule has 2 fully saturated rings. The summed E-state index contributed by atoms with van der Waals surface area (Å²) in [5, 5.41) is 3.14. The molecule has 1 saturated heterocycles. The second-order valence-electron chi connectivity index (χ2n) is 5.91.